The first-order valence-electron chi connectivity index (χ1n) is 6.88. The summed E-state index contributed by atoms with van der Waals surface area (Å²) in [4.78, 5) is 16.1. The molecule has 0 saturated carbocycles. The standard InChI is InChI=1S/C15H18ClN3O2S/c1-21-9-3-6-17-14(20)11-22-15-18-7-8-19(15)13-5-2-4-12(16)10-13/h2,4-5,7-8,10H,3,6,9,11H2,1H3,(H,17,20). The topological polar surface area (TPSA) is 56.1 Å². The van der Waals surface area contributed by atoms with Crippen molar-refractivity contribution in [1.82, 2.24) is 14.9 Å². The first-order valence-corrected chi connectivity index (χ1v) is 8.25. The Hall–Kier alpha value is -1.50. The second-order valence-corrected chi connectivity index (χ2v) is 5.92. The quantitative estimate of drug-likeness (QED) is 0.593. The zero-order valence-electron chi connectivity index (χ0n) is 12.3. The van der Waals surface area contributed by atoms with Crippen LogP contribution in [0, 0.1) is 0 Å². The van der Waals surface area contributed by atoms with Crippen LogP contribution >= 0.6 is 23.4 Å². The lowest BCUT2D eigenvalue weighted by Gasteiger charge is -2.08. The number of hydrogen-bond acceptors (Lipinski definition) is 4. The fourth-order valence-corrected chi connectivity index (χ4v) is 2.83. The maximum absolute atomic E-state index is 11.8. The number of hydrogen-bond donors (Lipinski definition) is 1. The van der Waals surface area contributed by atoms with Gasteiger partial charge in [0.1, 0.15) is 0 Å². The van der Waals surface area contributed by atoms with Crippen LogP contribution in [0.2, 0.25) is 5.02 Å². The molecule has 5 nitrogen and oxygen atoms in total. The van der Waals surface area contributed by atoms with E-state index in [1.54, 1.807) is 13.3 Å². The molecule has 0 saturated heterocycles. The number of amides is 1. The Morgan fingerprint density at radius 3 is 3.14 bits per heavy atom. The molecule has 1 aromatic carbocycles. The number of carbonyl (C=O) groups excluding carboxylic acids is 1. The third kappa shape index (κ3) is 5.05. The van der Waals surface area contributed by atoms with Gasteiger partial charge in [0.25, 0.3) is 0 Å². The molecule has 0 atom stereocenters. The largest absolute Gasteiger partial charge is 0.385 e. The fraction of sp³-hybridized carbons (Fsp3) is 0.333. The summed E-state index contributed by atoms with van der Waals surface area (Å²) in [7, 11) is 1.65. The Morgan fingerprint density at radius 2 is 2.36 bits per heavy atom. The zero-order chi connectivity index (χ0) is 15.8. The third-order valence-corrected chi connectivity index (χ3v) is 4.07. The second-order valence-electron chi connectivity index (χ2n) is 4.54. The van der Waals surface area contributed by atoms with Gasteiger partial charge >= 0.3 is 0 Å². The molecule has 7 heteroatoms. The Bertz CT molecular complexity index is 618. The van der Waals surface area contributed by atoms with E-state index in [2.05, 4.69) is 10.3 Å². The van der Waals surface area contributed by atoms with Crippen LogP contribution in [0.3, 0.4) is 0 Å². The van der Waals surface area contributed by atoms with Crippen molar-refractivity contribution in [3.63, 3.8) is 0 Å². The summed E-state index contributed by atoms with van der Waals surface area (Å²) < 4.78 is 6.85. The molecule has 1 amide bonds. The van der Waals surface area contributed by atoms with Gasteiger partial charge in [0.2, 0.25) is 5.91 Å². The molecule has 0 aliphatic carbocycles. The summed E-state index contributed by atoms with van der Waals surface area (Å²) in [5.74, 6) is 0.312. The maximum Gasteiger partial charge on any atom is 0.230 e. The number of aromatic nitrogens is 2. The lowest BCUT2D eigenvalue weighted by atomic mass is 10.3. The highest BCUT2D eigenvalue weighted by Crippen LogP contribution is 2.22. The molecular weight excluding hydrogens is 322 g/mol. The van der Waals surface area contributed by atoms with Crippen LogP contribution in [0.5, 0.6) is 0 Å². The van der Waals surface area contributed by atoms with Gasteiger partial charge in [0.05, 0.1) is 5.75 Å². The number of carbonyl (C=O) groups is 1. The van der Waals surface area contributed by atoms with Crippen LogP contribution in [0.1, 0.15) is 6.42 Å². The van der Waals surface area contributed by atoms with E-state index in [0.717, 1.165) is 17.3 Å². The summed E-state index contributed by atoms with van der Waals surface area (Å²) in [5, 5.41) is 4.27. The lowest BCUT2D eigenvalue weighted by Crippen LogP contribution is -2.26. The van der Waals surface area contributed by atoms with Gasteiger partial charge in [0.15, 0.2) is 5.16 Å². The molecule has 1 N–H and O–H groups in total. The molecule has 1 aromatic heterocycles. The van der Waals surface area contributed by atoms with Crippen molar-refractivity contribution in [3.05, 3.63) is 41.7 Å². The average Bonchev–Trinajstić information content (AvgIpc) is 2.98. The summed E-state index contributed by atoms with van der Waals surface area (Å²) in [6, 6.07) is 7.51. The molecule has 2 aromatic rings. The molecule has 0 bridgehead atoms. The Balaban J connectivity index is 1.89. The van der Waals surface area contributed by atoms with E-state index < -0.39 is 0 Å². The summed E-state index contributed by atoms with van der Waals surface area (Å²) in [6.45, 7) is 1.27. The monoisotopic (exact) mass is 339 g/mol. The van der Waals surface area contributed by atoms with Crippen LogP contribution in [0.25, 0.3) is 5.69 Å². The predicted molar refractivity (Wildman–Crippen MR) is 88.8 cm³/mol. The average molecular weight is 340 g/mol. The van der Waals surface area contributed by atoms with Crippen molar-refractivity contribution in [2.24, 2.45) is 0 Å². The number of nitrogens with one attached hydrogen (secondary N) is 1. The van der Waals surface area contributed by atoms with Crippen molar-refractivity contribution in [2.75, 3.05) is 26.0 Å². The highest BCUT2D eigenvalue weighted by Gasteiger charge is 2.09. The lowest BCUT2D eigenvalue weighted by molar-refractivity contribution is -0.118. The minimum Gasteiger partial charge on any atom is -0.385 e. The first kappa shape index (κ1) is 16.9. The van der Waals surface area contributed by atoms with E-state index in [0.29, 0.717) is 23.9 Å². The molecule has 2 rings (SSSR count). The van der Waals surface area contributed by atoms with Gasteiger partial charge in [-0.05, 0) is 24.6 Å². The highest BCUT2D eigenvalue weighted by atomic mass is 35.5. The van der Waals surface area contributed by atoms with Gasteiger partial charge in [-0.25, -0.2) is 4.98 Å². The van der Waals surface area contributed by atoms with E-state index >= 15 is 0 Å². The molecule has 0 fully saturated rings. The first-order chi connectivity index (χ1) is 10.7. The normalized spacial score (nSPS) is 10.6. The Morgan fingerprint density at radius 1 is 1.50 bits per heavy atom. The Kier molecular flexibility index (Phi) is 6.76. The van der Waals surface area contributed by atoms with E-state index in [4.69, 9.17) is 16.3 Å². The number of methoxy groups -OCH3 is 1. The van der Waals surface area contributed by atoms with Crippen molar-refractivity contribution in [2.45, 2.75) is 11.6 Å². The number of imidazole rings is 1. The molecule has 0 aliphatic rings. The summed E-state index contributed by atoms with van der Waals surface area (Å²) in [5.41, 5.74) is 0.924. The van der Waals surface area contributed by atoms with E-state index in [1.165, 1.54) is 11.8 Å². The zero-order valence-corrected chi connectivity index (χ0v) is 13.9. The molecule has 22 heavy (non-hydrogen) atoms. The SMILES string of the molecule is COCCCNC(=O)CSc1nccn1-c1cccc(Cl)c1. The van der Waals surface area contributed by atoms with Crippen molar-refractivity contribution in [1.29, 1.82) is 0 Å². The smallest absolute Gasteiger partial charge is 0.230 e. The van der Waals surface area contributed by atoms with Crippen LogP contribution in [-0.4, -0.2) is 41.5 Å². The minimum atomic E-state index is -0.0123. The van der Waals surface area contributed by atoms with Gasteiger partial charge in [-0.15, -0.1) is 0 Å². The van der Waals surface area contributed by atoms with Gasteiger partial charge in [-0.3, -0.25) is 9.36 Å². The molecule has 1 heterocycles. The molecular formula is C15H18ClN3O2S. The molecule has 118 valence electrons. The fourth-order valence-electron chi connectivity index (χ4n) is 1.84. The highest BCUT2D eigenvalue weighted by molar-refractivity contribution is 7.99. The minimum absolute atomic E-state index is 0.0123. The van der Waals surface area contributed by atoms with Gasteiger partial charge in [0, 0.05) is 43.4 Å². The van der Waals surface area contributed by atoms with Gasteiger partial charge in [-0.1, -0.05) is 29.4 Å². The van der Waals surface area contributed by atoms with Crippen LogP contribution in [-0.2, 0) is 9.53 Å². The van der Waals surface area contributed by atoms with Crippen molar-refractivity contribution in [3.8, 4) is 5.69 Å². The van der Waals surface area contributed by atoms with Gasteiger partial charge in [-0.2, -0.15) is 0 Å². The number of thioether (sulfide) groups is 1. The summed E-state index contributed by atoms with van der Waals surface area (Å²) >= 11 is 7.40. The number of benzene rings is 1. The van der Waals surface area contributed by atoms with E-state index in [9.17, 15) is 4.79 Å². The number of halogens is 1. The van der Waals surface area contributed by atoms with E-state index in [-0.39, 0.29) is 5.91 Å². The molecule has 0 aliphatic heterocycles. The number of ether oxygens (including phenoxy) is 1. The van der Waals surface area contributed by atoms with Crippen LogP contribution in [0.15, 0.2) is 41.8 Å². The summed E-state index contributed by atoms with van der Waals surface area (Å²) in [6.07, 6.45) is 4.37. The number of nitrogens with zero attached hydrogens (tertiary/aromatic N) is 2. The predicted octanol–water partition coefficient (Wildman–Crippen LogP) is 2.77. The second kappa shape index (κ2) is 8.82. The molecule has 0 radical (unpaired) electrons. The van der Waals surface area contributed by atoms with Gasteiger partial charge < -0.3 is 10.1 Å². The molecule has 0 unspecified atom stereocenters. The van der Waals surface area contributed by atoms with Crippen molar-refractivity contribution >= 4 is 29.3 Å². The van der Waals surface area contributed by atoms with E-state index in [1.807, 2.05) is 35.0 Å². The van der Waals surface area contributed by atoms with Crippen molar-refractivity contribution < 1.29 is 9.53 Å². The molecule has 0 spiro atoms. The third-order valence-electron chi connectivity index (χ3n) is 2.87. The maximum atomic E-state index is 11.8. The van der Waals surface area contributed by atoms with Crippen LogP contribution < -0.4 is 5.32 Å². The number of rotatable bonds is 8. The Labute approximate surface area is 139 Å². The van der Waals surface area contributed by atoms with Crippen LogP contribution in [0.4, 0.5) is 0 Å².